The highest BCUT2D eigenvalue weighted by molar-refractivity contribution is 4.98. The molecular weight excluding hydrogens is 240 g/mol. The van der Waals surface area contributed by atoms with E-state index in [1.54, 1.807) is 14.2 Å². The van der Waals surface area contributed by atoms with Crippen LogP contribution in [-0.4, -0.2) is 63.0 Å². The lowest BCUT2D eigenvalue weighted by molar-refractivity contribution is -0.0140. The molecule has 0 aromatic rings. The van der Waals surface area contributed by atoms with Crippen LogP contribution in [0.4, 0.5) is 0 Å². The van der Waals surface area contributed by atoms with E-state index in [4.69, 9.17) is 9.47 Å². The first kappa shape index (κ1) is 15.2. The molecule has 0 spiro atoms. The minimum absolute atomic E-state index is 0.216. The lowest BCUT2D eigenvalue weighted by atomic mass is 9.96. The molecule has 0 saturated carbocycles. The highest BCUT2D eigenvalue weighted by atomic mass is 16.5. The SMILES string of the molecule is CCCNC1CC2CCC(C1)N2CC(COC)OC. The first-order chi connectivity index (χ1) is 9.28. The number of hydrogen-bond acceptors (Lipinski definition) is 4. The fourth-order valence-corrected chi connectivity index (χ4v) is 3.70. The monoisotopic (exact) mass is 270 g/mol. The van der Waals surface area contributed by atoms with Crippen molar-refractivity contribution in [3.63, 3.8) is 0 Å². The Morgan fingerprint density at radius 1 is 1.21 bits per heavy atom. The van der Waals surface area contributed by atoms with E-state index in [1.807, 2.05) is 0 Å². The zero-order chi connectivity index (χ0) is 13.7. The lowest BCUT2D eigenvalue weighted by Gasteiger charge is -2.40. The maximum absolute atomic E-state index is 5.53. The van der Waals surface area contributed by atoms with Gasteiger partial charge in [-0.05, 0) is 38.6 Å². The second-order valence-electron chi connectivity index (χ2n) is 6.02. The molecule has 0 aromatic heterocycles. The third-order valence-corrected chi connectivity index (χ3v) is 4.67. The van der Waals surface area contributed by atoms with Crippen molar-refractivity contribution in [2.75, 3.05) is 33.9 Å². The lowest BCUT2D eigenvalue weighted by Crippen LogP contribution is -2.52. The van der Waals surface area contributed by atoms with Crippen LogP contribution in [0.5, 0.6) is 0 Å². The van der Waals surface area contributed by atoms with Gasteiger partial charge in [-0.2, -0.15) is 0 Å². The minimum Gasteiger partial charge on any atom is -0.382 e. The summed E-state index contributed by atoms with van der Waals surface area (Å²) in [5, 5.41) is 3.70. The molecule has 3 atom stereocenters. The maximum atomic E-state index is 5.53. The van der Waals surface area contributed by atoms with Gasteiger partial charge in [0.1, 0.15) is 0 Å². The maximum Gasteiger partial charge on any atom is 0.0931 e. The molecule has 2 saturated heterocycles. The number of piperidine rings is 1. The molecule has 2 fully saturated rings. The van der Waals surface area contributed by atoms with Gasteiger partial charge in [-0.15, -0.1) is 0 Å². The predicted octanol–water partition coefficient (Wildman–Crippen LogP) is 1.64. The van der Waals surface area contributed by atoms with Crippen LogP contribution in [0.25, 0.3) is 0 Å². The Morgan fingerprint density at radius 3 is 2.42 bits per heavy atom. The zero-order valence-electron chi connectivity index (χ0n) is 12.7. The van der Waals surface area contributed by atoms with Crippen molar-refractivity contribution in [3.8, 4) is 0 Å². The van der Waals surface area contributed by atoms with Crippen molar-refractivity contribution in [1.82, 2.24) is 10.2 Å². The molecular formula is C15H30N2O2. The summed E-state index contributed by atoms with van der Waals surface area (Å²) >= 11 is 0. The van der Waals surface area contributed by atoms with Crippen LogP contribution in [-0.2, 0) is 9.47 Å². The van der Waals surface area contributed by atoms with Crippen molar-refractivity contribution in [3.05, 3.63) is 0 Å². The Balaban J connectivity index is 1.84. The van der Waals surface area contributed by atoms with Crippen molar-refractivity contribution in [2.24, 2.45) is 0 Å². The van der Waals surface area contributed by atoms with Crippen LogP contribution < -0.4 is 5.32 Å². The smallest absolute Gasteiger partial charge is 0.0931 e. The van der Waals surface area contributed by atoms with Crippen molar-refractivity contribution < 1.29 is 9.47 Å². The summed E-state index contributed by atoms with van der Waals surface area (Å²) in [5.74, 6) is 0. The molecule has 3 unspecified atom stereocenters. The van der Waals surface area contributed by atoms with Crippen molar-refractivity contribution >= 4 is 0 Å². The average molecular weight is 270 g/mol. The van der Waals surface area contributed by atoms with E-state index in [9.17, 15) is 0 Å². The molecule has 2 bridgehead atoms. The highest BCUT2D eigenvalue weighted by Gasteiger charge is 2.41. The summed E-state index contributed by atoms with van der Waals surface area (Å²) in [6, 6.07) is 2.24. The van der Waals surface area contributed by atoms with Gasteiger partial charge in [0.2, 0.25) is 0 Å². The van der Waals surface area contributed by atoms with Gasteiger partial charge in [-0.1, -0.05) is 6.92 Å². The average Bonchev–Trinajstić information content (AvgIpc) is 2.66. The van der Waals surface area contributed by atoms with E-state index in [0.29, 0.717) is 6.61 Å². The van der Waals surface area contributed by atoms with Crippen LogP contribution in [0.2, 0.25) is 0 Å². The number of hydrogen-bond donors (Lipinski definition) is 1. The predicted molar refractivity (Wildman–Crippen MR) is 77.5 cm³/mol. The third kappa shape index (κ3) is 3.91. The van der Waals surface area contributed by atoms with Gasteiger partial charge in [0, 0.05) is 38.9 Å². The molecule has 2 aliphatic heterocycles. The number of ether oxygens (including phenoxy) is 2. The molecule has 1 N–H and O–H groups in total. The van der Waals surface area contributed by atoms with Gasteiger partial charge in [-0.25, -0.2) is 0 Å². The summed E-state index contributed by atoms with van der Waals surface area (Å²) in [4.78, 5) is 2.68. The van der Waals surface area contributed by atoms with Gasteiger partial charge in [-0.3, -0.25) is 4.90 Å². The number of rotatable bonds is 8. The third-order valence-electron chi connectivity index (χ3n) is 4.67. The van der Waals surface area contributed by atoms with Gasteiger partial charge in [0.25, 0.3) is 0 Å². The van der Waals surface area contributed by atoms with Crippen molar-refractivity contribution in [2.45, 2.75) is 63.3 Å². The van der Waals surface area contributed by atoms with E-state index in [2.05, 4.69) is 17.1 Å². The quantitative estimate of drug-likeness (QED) is 0.727. The fraction of sp³-hybridized carbons (Fsp3) is 1.00. The van der Waals surface area contributed by atoms with Gasteiger partial charge in [0.15, 0.2) is 0 Å². The Labute approximate surface area is 117 Å². The number of methoxy groups -OCH3 is 2. The van der Waals surface area contributed by atoms with E-state index < -0.39 is 0 Å². The van der Waals surface area contributed by atoms with Gasteiger partial charge in [0.05, 0.1) is 12.7 Å². The molecule has 4 heteroatoms. The summed E-state index contributed by atoms with van der Waals surface area (Å²) in [6.45, 7) is 5.13. The molecule has 19 heavy (non-hydrogen) atoms. The Hall–Kier alpha value is -0.160. The molecule has 4 nitrogen and oxygen atoms in total. The number of nitrogens with one attached hydrogen (secondary N) is 1. The van der Waals surface area contributed by atoms with Crippen molar-refractivity contribution in [1.29, 1.82) is 0 Å². The summed E-state index contributed by atoms with van der Waals surface area (Å²) in [6.07, 6.45) is 6.78. The summed E-state index contributed by atoms with van der Waals surface area (Å²) in [5.41, 5.74) is 0. The molecule has 2 rings (SSSR count). The Morgan fingerprint density at radius 2 is 1.89 bits per heavy atom. The minimum atomic E-state index is 0.216. The van der Waals surface area contributed by atoms with Crippen LogP contribution in [0, 0.1) is 0 Å². The van der Waals surface area contributed by atoms with E-state index >= 15 is 0 Å². The van der Waals surface area contributed by atoms with E-state index in [0.717, 1.165) is 31.2 Å². The molecule has 0 aliphatic carbocycles. The van der Waals surface area contributed by atoms with Gasteiger partial charge < -0.3 is 14.8 Å². The molecule has 2 heterocycles. The first-order valence-corrected chi connectivity index (χ1v) is 7.79. The fourth-order valence-electron chi connectivity index (χ4n) is 3.70. The van der Waals surface area contributed by atoms with Crippen LogP contribution in [0.1, 0.15) is 39.0 Å². The number of nitrogens with zero attached hydrogens (tertiary/aromatic N) is 1. The topological polar surface area (TPSA) is 33.7 Å². The van der Waals surface area contributed by atoms with Crippen LogP contribution in [0.15, 0.2) is 0 Å². The van der Waals surface area contributed by atoms with Gasteiger partial charge >= 0.3 is 0 Å². The normalized spacial score (nSPS) is 32.7. The van der Waals surface area contributed by atoms with E-state index in [-0.39, 0.29) is 6.10 Å². The second-order valence-corrected chi connectivity index (χ2v) is 6.02. The molecule has 0 aromatic carbocycles. The largest absolute Gasteiger partial charge is 0.382 e. The Kier molecular flexibility index (Phi) is 6.07. The molecule has 0 amide bonds. The van der Waals surface area contributed by atoms with E-state index in [1.165, 1.54) is 32.1 Å². The highest BCUT2D eigenvalue weighted by Crippen LogP contribution is 2.35. The molecule has 2 aliphatic rings. The van der Waals surface area contributed by atoms with Crippen LogP contribution >= 0.6 is 0 Å². The molecule has 0 radical (unpaired) electrons. The molecule has 112 valence electrons. The zero-order valence-corrected chi connectivity index (χ0v) is 12.7. The number of fused-ring (bicyclic) bond motifs is 2. The summed E-state index contributed by atoms with van der Waals surface area (Å²) in [7, 11) is 3.54. The van der Waals surface area contributed by atoms with Crippen LogP contribution in [0.3, 0.4) is 0 Å². The Bertz CT molecular complexity index is 249. The standard InChI is InChI=1S/C15H30N2O2/c1-4-7-16-12-8-13-5-6-14(9-12)17(13)10-15(19-3)11-18-2/h12-16H,4-11H2,1-3H3. The first-order valence-electron chi connectivity index (χ1n) is 7.79. The second kappa shape index (κ2) is 7.58. The summed E-state index contributed by atoms with van der Waals surface area (Å²) < 4.78 is 10.8.